The minimum Gasteiger partial charge on any atom is -0.310 e. The predicted molar refractivity (Wildman–Crippen MR) is 58.0 cm³/mol. The highest BCUT2D eigenvalue weighted by atomic mass is 35.5. The molecule has 0 saturated carbocycles. The standard InChI is InChI=1S/C11H16ClN/c1-3-9(2)13-8-10-6-4-5-7-11(10)12/h4-7,9,13H,3,8H2,1-2H3/t9-/m1/s1. The maximum Gasteiger partial charge on any atom is 0.0450 e. The average molecular weight is 198 g/mol. The van der Waals surface area contributed by atoms with Crippen LogP contribution in [0.15, 0.2) is 24.3 Å². The molecule has 1 nitrogen and oxygen atoms in total. The van der Waals surface area contributed by atoms with E-state index >= 15 is 0 Å². The van der Waals surface area contributed by atoms with E-state index in [4.69, 9.17) is 11.6 Å². The molecule has 0 aliphatic carbocycles. The van der Waals surface area contributed by atoms with Crippen LogP contribution >= 0.6 is 11.6 Å². The van der Waals surface area contributed by atoms with Crippen molar-refractivity contribution in [2.45, 2.75) is 32.9 Å². The molecule has 1 atom stereocenters. The molecule has 0 radical (unpaired) electrons. The highest BCUT2D eigenvalue weighted by Crippen LogP contribution is 2.14. The zero-order chi connectivity index (χ0) is 9.68. The van der Waals surface area contributed by atoms with Crippen molar-refractivity contribution in [3.05, 3.63) is 34.9 Å². The third-order valence-corrected chi connectivity index (χ3v) is 2.58. The van der Waals surface area contributed by atoms with E-state index in [1.165, 1.54) is 5.56 Å². The molecule has 1 aromatic rings. The van der Waals surface area contributed by atoms with Crippen LogP contribution in [0.4, 0.5) is 0 Å². The van der Waals surface area contributed by atoms with Gasteiger partial charge in [-0.1, -0.05) is 36.7 Å². The molecular formula is C11H16ClN. The van der Waals surface area contributed by atoms with Crippen LogP contribution in [0.25, 0.3) is 0 Å². The van der Waals surface area contributed by atoms with Crippen LogP contribution in [-0.2, 0) is 6.54 Å². The average Bonchev–Trinajstić information content (AvgIpc) is 2.16. The molecule has 0 fully saturated rings. The number of rotatable bonds is 4. The molecule has 0 aromatic heterocycles. The fourth-order valence-electron chi connectivity index (χ4n) is 1.07. The lowest BCUT2D eigenvalue weighted by Gasteiger charge is -2.11. The Hall–Kier alpha value is -0.530. The molecule has 0 amide bonds. The van der Waals surface area contributed by atoms with Gasteiger partial charge in [0.2, 0.25) is 0 Å². The van der Waals surface area contributed by atoms with E-state index in [2.05, 4.69) is 25.2 Å². The summed E-state index contributed by atoms with van der Waals surface area (Å²) >= 11 is 6.01. The highest BCUT2D eigenvalue weighted by molar-refractivity contribution is 6.31. The van der Waals surface area contributed by atoms with Crippen molar-refractivity contribution in [2.75, 3.05) is 0 Å². The van der Waals surface area contributed by atoms with Crippen molar-refractivity contribution >= 4 is 11.6 Å². The Kier molecular flexibility index (Phi) is 4.26. The van der Waals surface area contributed by atoms with Gasteiger partial charge in [0.05, 0.1) is 0 Å². The molecule has 0 saturated heterocycles. The molecule has 0 heterocycles. The first-order valence-electron chi connectivity index (χ1n) is 4.70. The van der Waals surface area contributed by atoms with E-state index in [-0.39, 0.29) is 0 Å². The summed E-state index contributed by atoms with van der Waals surface area (Å²) in [7, 11) is 0. The van der Waals surface area contributed by atoms with Gasteiger partial charge in [0, 0.05) is 17.6 Å². The lowest BCUT2D eigenvalue weighted by Crippen LogP contribution is -2.24. The van der Waals surface area contributed by atoms with Gasteiger partial charge in [0.1, 0.15) is 0 Å². The second-order valence-corrected chi connectivity index (χ2v) is 3.69. The molecule has 1 rings (SSSR count). The maximum absolute atomic E-state index is 6.01. The molecule has 0 aliphatic rings. The number of halogens is 1. The highest BCUT2D eigenvalue weighted by Gasteiger charge is 2.00. The van der Waals surface area contributed by atoms with Crippen molar-refractivity contribution in [1.82, 2.24) is 5.32 Å². The van der Waals surface area contributed by atoms with Crippen LogP contribution in [-0.4, -0.2) is 6.04 Å². The van der Waals surface area contributed by atoms with Crippen LogP contribution in [0.2, 0.25) is 5.02 Å². The zero-order valence-corrected chi connectivity index (χ0v) is 8.93. The second kappa shape index (κ2) is 5.25. The molecule has 1 N–H and O–H groups in total. The Labute approximate surface area is 85.1 Å². The van der Waals surface area contributed by atoms with Gasteiger partial charge in [-0.05, 0) is 25.0 Å². The van der Waals surface area contributed by atoms with Gasteiger partial charge in [0.25, 0.3) is 0 Å². The summed E-state index contributed by atoms with van der Waals surface area (Å²) in [6, 6.07) is 8.50. The molecule has 0 unspecified atom stereocenters. The van der Waals surface area contributed by atoms with Gasteiger partial charge >= 0.3 is 0 Å². The number of hydrogen-bond acceptors (Lipinski definition) is 1. The molecule has 13 heavy (non-hydrogen) atoms. The quantitative estimate of drug-likeness (QED) is 0.782. The third kappa shape index (κ3) is 3.37. The largest absolute Gasteiger partial charge is 0.310 e. The Bertz CT molecular complexity index is 260. The smallest absolute Gasteiger partial charge is 0.0450 e. The first-order chi connectivity index (χ1) is 6.24. The van der Waals surface area contributed by atoms with E-state index in [0.29, 0.717) is 6.04 Å². The number of benzene rings is 1. The fraction of sp³-hybridized carbons (Fsp3) is 0.455. The summed E-state index contributed by atoms with van der Waals surface area (Å²) in [6.45, 7) is 5.20. The van der Waals surface area contributed by atoms with Crippen molar-refractivity contribution in [3.8, 4) is 0 Å². The van der Waals surface area contributed by atoms with Gasteiger partial charge in [-0.3, -0.25) is 0 Å². The summed E-state index contributed by atoms with van der Waals surface area (Å²) in [4.78, 5) is 0. The predicted octanol–water partition coefficient (Wildman–Crippen LogP) is 3.23. The Balaban J connectivity index is 2.50. The normalized spacial score (nSPS) is 12.8. The Morgan fingerprint density at radius 1 is 1.38 bits per heavy atom. The van der Waals surface area contributed by atoms with Gasteiger partial charge < -0.3 is 5.32 Å². The van der Waals surface area contributed by atoms with Crippen LogP contribution in [0.3, 0.4) is 0 Å². The second-order valence-electron chi connectivity index (χ2n) is 3.28. The van der Waals surface area contributed by atoms with Crippen LogP contribution < -0.4 is 5.32 Å². The summed E-state index contributed by atoms with van der Waals surface area (Å²) in [5, 5.41) is 4.25. The van der Waals surface area contributed by atoms with Crippen LogP contribution in [0.5, 0.6) is 0 Å². The van der Waals surface area contributed by atoms with Crippen molar-refractivity contribution in [1.29, 1.82) is 0 Å². The van der Waals surface area contributed by atoms with Crippen LogP contribution in [0.1, 0.15) is 25.8 Å². The lowest BCUT2D eigenvalue weighted by molar-refractivity contribution is 0.534. The van der Waals surface area contributed by atoms with E-state index in [1.54, 1.807) is 0 Å². The molecule has 72 valence electrons. The minimum atomic E-state index is 0.552. The van der Waals surface area contributed by atoms with Gasteiger partial charge in [0.15, 0.2) is 0 Å². The lowest BCUT2D eigenvalue weighted by atomic mass is 10.2. The topological polar surface area (TPSA) is 12.0 Å². The molecule has 2 heteroatoms. The zero-order valence-electron chi connectivity index (χ0n) is 8.18. The van der Waals surface area contributed by atoms with Crippen molar-refractivity contribution < 1.29 is 0 Å². The first-order valence-corrected chi connectivity index (χ1v) is 5.08. The number of nitrogens with one attached hydrogen (secondary N) is 1. The minimum absolute atomic E-state index is 0.552. The SMILES string of the molecule is CC[C@@H](C)NCc1ccccc1Cl. The third-order valence-electron chi connectivity index (χ3n) is 2.21. The van der Waals surface area contributed by atoms with E-state index in [1.807, 2.05) is 18.2 Å². The molecule has 1 aromatic carbocycles. The molecule has 0 spiro atoms. The summed E-state index contributed by atoms with van der Waals surface area (Å²) in [6.07, 6.45) is 1.14. The van der Waals surface area contributed by atoms with Gasteiger partial charge in [-0.25, -0.2) is 0 Å². The molecule has 0 bridgehead atoms. The Morgan fingerprint density at radius 2 is 2.08 bits per heavy atom. The van der Waals surface area contributed by atoms with E-state index < -0.39 is 0 Å². The Morgan fingerprint density at radius 3 is 2.69 bits per heavy atom. The molecular weight excluding hydrogens is 182 g/mol. The monoisotopic (exact) mass is 197 g/mol. The van der Waals surface area contributed by atoms with Crippen molar-refractivity contribution in [3.63, 3.8) is 0 Å². The summed E-state index contributed by atoms with van der Waals surface area (Å²) in [5.74, 6) is 0. The van der Waals surface area contributed by atoms with Crippen LogP contribution in [0, 0.1) is 0 Å². The fourth-order valence-corrected chi connectivity index (χ4v) is 1.27. The summed E-state index contributed by atoms with van der Waals surface area (Å²) < 4.78 is 0. The summed E-state index contributed by atoms with van der Waals surface area (Å²) in [5.41, 5.74) is 1.17. The maximum atomic E-state index is 6.01. The van der Waals surface area contributed by atoms with Gasteiger partial charge in [-0.2, -0.15) is 0 Å². The molecule has 0 aliphatic heterocycles. The van der Waals surface area contributed by atoms with E-state index in [0.717, 1.165) is 18.0 Å². The van der Waals surface area contributed by atoms with E-state index in [9.17, 15) is 0 Å². The van der Waals surface area contributed by atoms with Crippen molar-refractivity contribution in [2.24, 2.45) is 0 Å². The first kappa shape index (κ1) is 10.6. The van der Waals surface area contributed by atoms with Gasteiger partial charge in [-0.15, -0.1) is 0 Å². The number of hydrogen-bond donors (Lipinski definition) is 1.